The third-order valence-corrected chi connectivity index (χ3v) is 5.96. The fraction of sp³-hybridized carbons (Fsp3) is 0.333. The van der Waals surface area contributed by atoms with Crippen molar-refractivity contribution in [3.8, 4) is 0 Å². The van der Waals surface area contributed by atoms with Crippen molar-refractivity contribution < 1.29 is 9.59 Å². The van der Waals surface area contributed by atoms with Crippen LogP contribution in [-0.2, 0) is 17.8 Å². The van der Waals surface area contributed by atoms with Gasteiger partial charge in [0.2, 0.25) is 5.91 Å². The monoisotopic (exact) mass is 402 g/mol. The predicted octanol–water partition coefficient (Wildman–Crippen LogP) is 4.18. The third-order valence-electron chi connectivity index (χ3n) is 5.40. The molecule has 1 fully saturated rings. The molecule has 2 amide bonds. The molecule has 0 unspecified atom stereocenters. The fourth-order valence-corrected chi connectivity index (χ4v) is 4.35. The van der Waals surface area contributed by atoms with E-state index in [0.717, 1.165) is 12.8 Å². The van der Waals surface area contributed by atoms with E-state index in [1.165, 1.54) is 11.1 Å². The van der Waals surface area contributed by atoms with Crippen molar-refractivity contribution in [3.63, 3.8) is 0 Å². The molecule has 0 radical (unpaired) electrons. The van der Waals surface area contributed by atoms with Crippen molar-refractivity contribution in [1.29, 1.82) is 0 Å². The summed E-state index contributed by atoms with van der Waals surface area (Å²) in [5.41, 5.74) is 2.84. The molecule has 2 heterocycles. The van der Waals surface area contributed by atoms with Crippen LogP contribution in [-0.4, -0.2) is 40.7 Å². The van der Waals surface area contributed by atoms with Gasteiger partial charge in [-0.05, 0) is 48.6 Å². The number of carbonyl (C=O) groups excluding carboxylic acids is 2. The van der Waals surface area contributed by atoms with Crippen molar-refractivity contribution in [3.05, 3.63) is 69.2 Å². The zero-order chi connectivity index (χ0) is 19.0. The van der Waals surface area contributed by atoms with Crippen LogP contribution in [0.2, 0.25) is 10.0 Å². The molecule has 6 heteroatoms. The smallest absolute Gasteiger partial charge is 0.256 e. The molecule has 0 spiro atoms. The van der Waals surface area contributed by atoms with Gasteiger partial charge in [-0.3, -0.25) is 9.59 Å². The molecule has 2 aromatic rings. The molecule has 27 heavy (non-hydrogen) atoms. The lowest BCUT2D eigenvalue weighted by Crippen LogP contribution is -2.49. The fourth-order valence-electron chi connectivity index (χ4n) is 3.98. The molecule has 0 aliphatic carbocycles. The zero-order valence-electron chi connectivity index (χ0n) is 14.8. The quantitative estimate of drug-likeness (QED) is 0.755. The summed E-state index contributed by atoms with van der Waals surface area (Å²) in [4.78, 5) is 29.7. The highest BCUT2D eigenvalue weighted by atomic mass is 35.5. The first-order valence-corrected chi connectivity index (χ1v) is 9.92. The number of halogens is 2. The molecule has 2 aromatic carbocycles. The van der Waals surface area contributed by atoms with Crippen LogP contribution in [0.15, 0.2) is 42.5 Å². The van der Waals surface area contributed by atoms with Crippen LogP contribution in [0.4, 0.5) is 0 Å². The van der Waals surface area contributed by atoms with Gasteiger partial charge in [0, 0.05) is 24.7 Å². The van der Waals surface area contributed by atoms with E-state index in [9.17, 15) is 9.59 Å². The van der Waals surface area contributed by atoms with Crippen LogP contribution >= 0.6 is 23.2 Å². The summed E-state index contributed by atoms with van der Waals surface area (Å²) in [7, 11) is 0. The zero-order valence-corrected chi connectivity index (χ0v) is 16.3. The SMILES string of the molecule is O=C([C@H]1CCCN1C(=O)c1cc(Cl)ccc1Cl)N1CCc2ccccc2C1. The van der Waals surface area contributed by atoms with Crippen LogP contribution < -0.4 is 0 Å². The number of benzene rings is 2. The van der Waals surface area contributed by atoms with Crippen molar-refractivity contribution in [1.82, 2.24) is 9.80 Å². The highest BCUT2D eigenvalue weighted by Crippen LogP contribution is 2.28. The van der Waals surface area contributed by atoms with E-state index in [4.69, 9.17) is 23.2 Å². The van der Waals surface area contributed by atoms with Crippen LogP contribution in [0.25, 0.3) is 0 Å². The lowest BCUT2D eigenvalue weighted by Gasteiger charge is -2.33. The van der Waals surface area contributed by atoms with E-state index in [0.29, 0.717) is 41.7 Å². The minimum absolute atomic E-state index is 0.0218. The molecule has 0 bridgehead atoms. The summed E-state index contributed by atoms with van der Waals surface area (Å²) >= 11 is 12.2. The maximum Gasteiger partial charge on any atom is 0.256 e. The topological polar surface area (TPSA) is 40.6 Å². The third kappa shape index (κ3) is 3.56. The van der Waals surface area contributed by atoms with Gasteiger partial charge >= 0.3 is 0 Å². The number of hydrogen-bond acceptors (Lipinski definition) is 2. The Hall–Kier alpha value is -2.04. The van der Waals surface area contributed by atoms with E-state index in [2.05, 4.69) is 12.1 Å². The average molecular weight is 403 g/mol. The minimum Gasteiger partial charge on any atom is -0.336 e. The largest absolute Gasteiger partial charge is 0.336 e. The molecule has 4 rings (SSSR count). The van der Waals surface area contributed by atoms with Crippen molar-refractivity contribution in [2.75, 3.05) is 13.1 Å². The highest BCUT2D eigenvalue weighted by Gasteiger charge is 2.38. The van der Waals surface area contributed by atoms with Gasteiger partial charge in [0.15, 0.2) is 0 Å². The summed E-state index contributed by atoms with van der Waals surface area (Å²) in [6, 6.07) is 12.6. The highest BCUT2D eigenvalue weighted by molar-refractivity contribution is 6.35. The maximum absolute atomic E-state index is 13.2. The Morgan fingerprint density at radius 3 is 2.59 bits per heavy atom. The van der Waals surface area contributed by atoms with Gasteiger partial charge in [0.05, 0.1) is 10.6 Å². The number of fused-ring (bicyclic) bond motifs is 1. The average Bonchev–Trinajstić information content (AvgIpc) is 3.18. The molecule has 4 nitrogen and oxygen atoms in total. The van der Waals surface area contributed by atoms with Gasteiger partial charge in [-0.2, -0.15) is 0 Å². The van der Waals surface area contributed by atoms with Crippen molar-refractivity contribution >= 4 is 35.0 Å². The second-order valence-corrected chi connectivity index (χ2v) is 7.90. The number of rotatable bonds is 2. The second kappa shape index (κ2) is 7.53. The first kappa shape index (κ1) is 18.3. The van der Waals surface area contributed by atoms with Gasteiger partial charge in [0.1, 0.15) is 6.04 Å². The lowest BCUT2D eigenvalue weighted by atomic mass is 9.99. The Kier molecular flexibility index (Phi) is 5.11. The van der Waals surface area contributed by atoms with Crippen molar-refractivity contribution in [2.45, 2.75) is 31.8 Å². The minimum atomic E-state index is -0.433. The molecular weight excluding hydrogens is 383 g/mol. The van der Waals surface area contributed by atoms with Crippen LogP contribution in [0.3, 0.4) is 0 Å². The number of likely N-dealkylation sites (tertiary alicyclic amines) is 1. The van der Waals surface area contributed by atoms with Gasteiger partial charge in [0.25, 0.3) is 5.91 Å². The summed E-state index contributed by atoms with van der Waals surface area (Å²) in [6.07, 6.45) is 2.34. The second-order valence-electron chi connectivity index (χ2n) is 7.06. The molecule has 0 N–H and O–H groups in total. The number of carbonyl (C=O) groups is 2. The van der Waals surface area contributed by atoms with Crippen LogP contribution in [0.1, 0.15) is 34.3 Å². The van der Waals surface area contributed by atoms with E-state index in [1.54, 1.807) is 23.1 Å². The molecule has 2 aliphatic heterocycles. The Morgan fingerprint density at radius 2 is 1.78 bits per heavy atom. The molecule has 1 saturated heterocycles. The van der Waals surface area contributed by atoms with Crippen LogP contribution in [0.5, 0.6) is 0 Å². The standard InChI is InChI=1S/C21H20Cl2N2O2/c22-16-7-8-18(23)17(12-16)20(26)25-10-3-6-19(25)21(27)24-11-9-14-4-1-2-5-15(14)13-24/h1-2,4-5,7-8,12,19H,3,6,9-11,13H2/t19-/m1/s1. The predicted molar refractivity (Wildman–Crippen MR) is 106 cm³/mol. The molecular formula is C21H20Cl2N2O2. The van der Waals surface area contributed by atoms with E-state index in [1.807, 2.05) is 17.0 Å². The Bertz CT molecular complexity index is 900. The Morgan fingerprint density at radius 1 is 1.00 bits per heavy atom. The Balaban J connectivity index is 1.54. The summed E-state index contributed by atoms with van der Waals surface area (Å²) in [5, 5.41) is 0.812. The number of hydrogen-bond donors (Lipinski definition) is 0. The van der Waals surface area contributed by atoms with E-state index < -0.39 is 6.04 Å². The molecule has 1 atom stereocenters. The van der Waals surface area contributed by atoms with Crippen molar-refractivity contribution in [2.24, 2.45) is 0 Å². The Labute approximate surface area is 168 Å². The van der Waals surface area contributed by atoms with Crippen LogP contribution in [0, 0.1) is 0 Å². The van der Waals surface area contributed by atoms with E-state index >= 15 is 0 Å². The van der Waals surface area contributed by atoms with Gasteiger partial charge < -0.3 is 9.80 Å². The number of nitrogens with zero attached hydrogens (tertiary/aromatic N) is 2. The number of amides is 2. The normalized spacial score (nSPS) is 19.1. The molecule has 0 aromatic heterocycles. The summed E-state index contributed by atoms with van der Waals surface area (Å²) < 4.78 is 0. The van der Waals surface area contributed by atoms with Gasteiger partial charge in [-0.15, -0.1) is 0 Å². The summed E-state index contributed by atoms with van der Waals surface area (Å²) in [5.74, 6) is -0.204. The first-order valence-electron chi connectivity index (χ1n) is 9.16. The lowest BCUT2D eigenvalue weighted by molar-refractivity contribution is -0.136. The van der Waals surface area contributed by atoms with Gasteiger partial charge in [-0.1, -0.05) is 47.5 Å². The summed E-state index contributed by atoms with van der Waals surface area (Å²) in [6.45, 7) is 1.85. The molecule has 2 aliphatic rings. The first-order chi connectivity index (χ1) is 13.0. The molecule has 140 valence electrons. The molecule has 0 saturated carbocycles. The maximum atomic E-state index is 13.2. The van der Waals surface area contributed by atoms with E-state index in [-0.39, 0.29) is 11.8 Å². The van der Waals surface area contributed by atoms with Gasteiger partial charge in [-0.25, -0.2) is 0 Å².